The molecular formula is C10H8ClKN2O2S2. The molecule has 0 saturated carbocycles. The Morgan fingerprint density at radius 3 is 1.50 bits per heavy atom. The van der Waals surface area contributed by atoms with Crippen LogP contribution in [0.1, 0.15) is 0 Å². The zero-order chi connectivity index (χ0) is 11.4. The summed E-state index contributed by atoms with van der Waals surface area (Å²) in [4.78, 5) is 0. The van der Waals surface area contributed by atoms with Crippen LogP contribution in [-0.4, -0.2) is 0 Å². The Hall–Kier alpha value is 0.526. The summed E-state index contributed by atoms with van der Waals surface area (Å²) in [6.07, 6.45) is 2.86. The molecule has 0 fully saturated rings. The average molecular weight is 327 g/mol. The molecule has 2 rings (SSSR count). The van der Waals surface area contributed by atoms with E-state index in [1.165, 1.54) is 34.0 Å². The average Bonchev–Trinajstić information content (AvgIpc) is 2.30. The van der Waals surface area contributed by atoms with Crippen molar-refractivity contribution < 1.29 is 73.3 Å². The van der Waals surface area contributed by atoms with Gasteiger partial charge in [0.25, 0.3) is 10.1 Å². The van der Waals surface area contributed by atoms with Crippen LogP contribution in [0.3, 0.4) is 0 Å². The molecule has 8 heteroatoms. The topological polar surface area (TPSA) is 53.9 Å². The molecule has 90 valence electrons. The van der Waals surface area contributed by atoms with Crippen molar-refractivity contribution in [3.63, 3.8) is 0 Å². The fourth-order valence-corrected chi connectivity index (χ4v) is 3.03. The summed E-state index contributed by atoms with van der Waals surface area (Å²) in [5, 5.41) is 23.8. The molecule has 4 nitrogen and oxygen atoms in total. The fourth-order valence-electron chi connectivity index (χ4n) is 1.04. The maximum atomic E-state index is 11.3. The van der Waals surface area contributed by atoms with Gasteiger partial charge in [0.05, 0.1) is 0 Å². The third-order valence-corrected chi connectivity index (χ3v) is 4.12. The summed E-state index contributed by atoms with van der Waals surface area (Å²) < 4.78 is 1.55. The van der Waals surface area contributed by atoms with Gasteiger partial charge in [-0.25, -0.2) is 0 Å². The third-order valence-electron chi connectivity index (χ3n) is 1.79. The molecule has 0 atom stereocenters. The van der Waals surface area contributed by atoms with Gasteiger partial charge in [-0.05, 0) is 12.1 Å². The Labute approximate surface area is 162 Å². The molecule has 0 saturated heterocycles. The zero-order valence-electron chi connectivity index (χ0n) is 9.52. The van der Waals surface area contributed by atoms with Crippen LogP contribution in [0, 0.1) is 10.4 Å². The van der Waals surface area contributed by atoms with Gasteiger partial charge in [-0.2, -0.15) is 9.46 Å². The molecule has 0 amide bonds. The molecule has 0 aliphatic rings. The van der Waals surface area contributed by atoms with Crippen molar-refractivity contribution >= 4 is 21.6 Å². The Balaban J connectivity index is 0.00000144. The molecule has 0 aliphatic heterocycles. The first-order valence-corrected chi connectivity index (χ1v) is 6.63. The number of halogens is 1. The monoisotopic (exact) mass is 326 g/mol. The smallest absolute Gasteiger partial charge is 1.00 e. The first kappa shape index (κ1) is 18.5. The van der Waals surface area contributed by atoms with Gasteiger partial charge in [0.2, 0.25) is 0 Å². The van der Waals surface area contributed by atoms with Crippen molar-refractivity contribution in [3.05, 3.63) is 59.2 Å². The number of hydrogen-bond acceptors (Lipinski definition) is 4. The van der Waals surface area contributed by atoms with E-state index in [4.69, 9.17) is 0 Å². The van der Waals surface area contributed by atoms with E-state index < -0.39 is 0 Å². The number of pyridine rings is 2. The second-order valence-corrected chi connectivity index (χ2v) is 5.07. The van der Waals surface area contributed by atoms with Crippen molar-refractivity contribution in [2.45, 2.75) is 10.1 Å². The molecule has 0 N–H and O–H groups in total. The molecule has 0 aliphatic carbocycles. The summed E-state index contributed by atoms with van der Waals surface area (Å²) in [6.45, 7) is 0. The van der Waals surface area contributed by atoms with Gasteiger partial charge in [0, 0.05) is 45.9 Å². The molecule has 2 heterocycles. The van der Waals surface area contributed by atoms with E-state index >= 15 is 0 Å². The molecule has 0 unspecified atom stereocenters. The SMILES string of the molecule is [Cl-].[K+].[O-][n+]1ccccc1SSc1cccc[n+]1[O-]. The van der Waals surface area contributed by atoms with Crippen molar-refractivity contribution in [3.8, 4) is 0 Å². The third kappa shape index (κ3) is 5.26. The molecule has 0 bridgehead atoms. The van der Waals surface area contributed by atoms with Crippen LogP contribution in [0.25, 0.3) is 0 Å². The first-order chi connectivity index (χ1) is 7.77. The van der Waals surface area contributed by atoms with E-state index in [1.807, 2.05) is 0 Å². The predicted molar refractivity (Wildman–Crippen MR) is 62.5 cm³/mol. The Morgan fingerprint density at radius 1 is 0.778 bits per heavy atom. The van der Waals surface area contributed by atoms with Gasteiger partial charge < -0.3 is 22.8 Å². The minimum absolute atomic E-state index is 0. The summed E-state index contributed by atoms with van der Waals surface area (Å²) in [6, 6.07) is 10.3. The molecule has 18 heavy (non-hydrogen) atoms. The minimum Gasteiger partial charge on any atom is -1.00 e. The van der Waals surface area contributed by atoms with Crippen molar-refractivity contribution in [1.82, 2.24) is 0 Å². The first-order valence-electron chi connectivity index (χ1n) is 4.48. The molecular weight excluding hydrogens is 319 g/mol. The molecule has 0 aromatic carbocycles. The van der Waals surface area contributed by atoms with Crippen molar-refractivity contribution in [1.29, 1.82) is 0 Å². The van der Waals surface area contributed by atoms with Crippen LogP contribution in [0.4, 0.5) is 0 Å². The summed E-state index contributed by atoms with van der Waals surface area (Å²) in [5.41, 5.74) is 0. The maximum absolute atomic E-state index is 11.3. The summed E-state index contributed by atoms with van der Waals surface area (Å²) >= 11 is 0. The predicted octanol–water partition coefficient (Wildman–Crippen LogP) is -4.24. The van der Waals surface area contributed by atoms with Crippen LogP contribution in [0.2, 0.25) is 0 Å². The Bertz CT molecular complexity index is 459. The number of aromatic nitrogens is 2. The zero-order valence-corrected chi connectivity index (χ0v) is 15.0. The van der Waals surface area contributed by atoms with Gasteiger partial charge >= 0.3 is 51.4 Å². The molecule has 2 aromatic heterocycles. The van der Waals surface area contributed by atoms with Crippen molar-refractivity contribution in [2.75, 3.05) is 0 Å². The van der Waals surface area contributed by atoms with E-state index in [0.29, 0.717) is 10.1 Å². The van der Waals surface area contributed by atoms with Crippen LogP contribution in [0.5, 0.6) is 0 Å². The van der Waals surface area contributed by atoms with E-state index in [-0.39, 0.29) is 63.8 Å². The summed E-state index contributed by atoms with van der Waals surface area (Å²) in [7, 11) is 2.52. The van der Waals surface area contributed by atoms with Crippen LogP contribution < -0.4 is 73.3 Å². The number of rotatable bonds is 3. The fraction of sp³-hybridized carbons (Fsp3) is 0. The standard InChI is InChI=1S/C10H8N2O2S2.ClH.K/c13-11-7-3-1-5-9(11)15-16-10-6-2-4-8-12(10)14;;/h1-8H;1H;/q;;+1/p-1. The summed E-state index contributed by atoms with van der Waals surface area (Å²) in [5.74, 6) is 0. The van der Waals surface area contributed by atoms with Gasteiger partial charge in [-0.1, -0.05) is 0 Å². The van der Waals surface area contributed by atoms with Gasteiger partial charge in [-0.15, -0.1) is 0 Å². The molecule has 2 aromatic rings. The van der Waals surface area contributed by atoms with E-state index in [9.17, 15) is 10.4 Å². The van der Waals surface area contributed by atoms with E-state index in [0.717, 1.165) is 9.46 Å². The quantitative estimate of drug-likeness (QED) is 0.248. The van der Waals surface area contributed by atoms with Crippen LogP contribution in [-0.2, 0) is 0 Å². The molecule has 0 radical (unpaired) electrons. The van der Waals surface area contributed by atoms with Gasteiger partial charge in [0.1, 0.15) is 0 Å². The van der Waals surface area contributed by atoms with Crippen LogP contribution >= 0.6 is 21.6 Å². The van der Waals surface area contributed by atoms with E-state index in [2.05, 4.69) is 0 Å². The second kappa shape index (κ2) is 9.43. The van der Waals surface area contributed by atoms with Crippen molar-refractivity contribution in [2.24, 2.45) is 0 Å². The number of hydrogen-bond donors (Lipinski definition) is 0. The Kier molecular flexibility index (Phi) is 9.71. The minimum atomic E-state index is 0. The largest absolute Gasteiger partial charge is 1.00 e. The second-order valence-electron chi connectivity index (χ2n) is 2.90. The van der Waals surface area contributed by atoms with Gasteiger partial charge in [0.15, 0.2) is 12.4 Å². The normalized spacial score (nSPS) is 9.11. The maximum Gasteiger partial charge on any atom is 1.00 e. The molecule has 0 spiro atoms. The van der Waals surface area contributed by atoms with E-state index in [1.54, 1.807) is 36.4 Å². The van der Waals surface area contributed by atoms with Gasteiger partial charge in [-0.3, -0.25) is 0 Å². The number of nitrogens with zero attached hydrogens (tertiary/aromatic N) is 2. The van der Waals surface area contributed by atoms with Crippen LogP contribution in [0.15, 0.2) is 58.8 Å². The Morgan fingerprint density at radius 2 is 1.17 bits per heavy atom.